The number of fused-ring (bicyclic) bond motifs is 2. The SMILES string of the molecule is CCOc1cccc(CN2[C@@H](CO)[C@@H]([N+](=O)[O-])[C@H](c3cccc(Cl)c3F)[C@]23C(=O)Nc2cc(Cl)ccc23)c1. The number of halogens is 3. The monoisotopic (exact) mass is 559 g/mol. The summed E-state index contributed by atoms with van der Waals surface area (Å²) in [4.78, 5) is 27.8. The summed E-state index contributed by atoms with van der Waals surface area (Å²) in [6, 6.07) is 13.4. The number of benzene rings is 3. The highest BCUT2D eigenvalue weighted by atomic mass is 35.5. The fourth-order valence-corrected chi connectivity index (χ4v) is 6.31. The maximum atomic E-state index is 15.6. The highest BCUT2D eigenvalue weighted by Crippen LogP contribution is 2.58. The summed E-state index contributed by atoms with van der Waals surface area (Å²) in [7, 11) is 0. The Balaban J connectivity index is 1.80. The third kappa shape index (κ3) is 4.01. The number of hydrogen-bond donors (Lipinski definition) is 2. The molecule has 0 saturated carbocycles. The Morgan fingerprint density at radius 1 is 1.18 bits per heavy atom. The maximum Gasteiger partial charge on any atom is 0.250 e. The van der Waals surface area contributed by atoms with E-state index in [1.807, 2.05) is 6.92 Å². The summed E-state index contributed by atoms with van der Waals surface area (Å²) >= 11 is 12.3. The zero-order valence-electron chi connectivity index (χ0n) is 20.2. The number of carbonyl (C=O) groups excluding carboxylic acids is 1. The van der Waals surface area contributed by atoms with Gasteiger partial charge in [-0.25, -0.2) is 4.39 Å². The average Bonchev–Trinajstić information content (AvgIpc) is 3.33. The van der Waals surface area contributed by atoms with E-state index in [-0.39, 0.29) is 17.1 Å². The van der Waals surface area contributed by atoms with E-state index < -0.39 is 46.8 Å². The molecule has 3 aromatic rings. The van der Waals surface area contributed by atoms with Crippen molar-refractivity contribution in [1.82, 2.24) is 4.90 Å². The van der Waals surface area contributed by atoms with Gasteiger partial charge in [-0.1, -0.05) is 53.5 Å². The molecule has 2 aliphatic heterocycles. The van der Waals surface area contributed by atoms with Crippen LogP contribution >= 0.6 is 23.2 Å². The van der Waals surface area contributed by atoms with Gasteiger partial charge in [0.2, 0.25) is 6.04 Å². The third-order valence-electron chi connectivity index (χ3n) is 7.34. The van der Waals surface area contributed by atoms with Crippen molar-refractivity contribution in [2.45, 2.75) is 37.0 Å². The number of rotatable bonds is 7. The zero-order chi connectivity index (χ0) is 27.2. The topological polar surface area (TPSA) is 105 Å². The van der Waals surface area contributed by atoms with Gasteiger partial charge in [0.15, 0.2) is 0 Å². The molecular formula is C27H24Cl2FN3O5. The smallest absolute Gasteiger partial charge is 0.250 e. The van der Waals surface area contributed by atoms with Gasteiger partial charge >= 0.3 is 0 Å². The van der Waals surface area contributed by atoms with Gasteiger partial charge in [0, 0.05) is 33.3 Å². The van der Waals surface area contributed by atoms with Crippen LogP contribution in [0.15, 0.2) is 60.7 Å². The molecule has 38 heavy (non-hydrogen) atoms. The molecule has 2 N–H and O–H groups in total. The molecule has 0 radical (unpaired) electrons. The molecule has 1 saturated heterocycles. The minimum absolute atomic E-state index is 0.0324. The van der Waals surface area contributed by atoms with Gasteiger partial charge in [0.05, 0.1) is 24.2 Å². The van der Waals surface area contributed by atoms with Gasteiger partial charge in [0.25, 0.3) is 5.91 Å². The lowest BCUT2D eigenvalue weighted by atomic mass is 9.73. The van der Waals surface area contributed by atoms with E-state index in [0.29, 0.717) is 34.2 Å². The van der Waals surface area contributed by atoms with Crippen LogP contribution in [0, 0.1) is 15.9 Å². The molecule has 8 nitrogen and oxygen atoms in total. The van der Waals surface area contributed by atoms with Gasteiger partial charge in [-0.05, 0) is 42.8 Å². The number of nitro groups is 1. The van der Waals surface area contributed by atoms with Crippen molar-refractivity contribution in [1.29, 1.82) is 0 Å². The Kier molecular flexibility index (Phi) is 7.04. The van der Waals surface area contributed by atoms with Gasteiger partial charge in [0.1, 0.15) is 23.1 Å². The Morgan fingerprint density at radius 3 is 2.66 bits per heavy atom. The quantitative estimate of drug-likeness (QED) is 0.312. The van der Waals surface area contributed by atoms with Crippen LogP contribution in [0.3, 0.4) is 0 Å². The molecular weight excluding hydrogens is 536 g/mol. The van der Waals surface area contributed by atoms with E-state index in [0.717, 1.165) is 0 Å². The molecule has 1 spiro atoms. The van der Waals surface area contributed by atoms with E-state index >= 15 is 4.39 Å². The number of anilines is 1. The fourth-order valence-electron chi connectivity index (χ4n) is 5.96. The first-order valence-electron chi connectivity index (χ1n) is 12.0. The van der Waals surface area contributed by atoms with Gasteiger partial charge in [-0.3, -0.25) is 19.8 Å². The Labute approximate surface area is 228 Å². The minimum atomic E-state index is -1.75. The van der Waals surface area contributed by atoms with Crippen LogP contribution in [0.5, 0.6) is 5.75 Å². The van der Waals surface area contributed by atoms with Crippen LogP contribution < -0.4 is 10.1 Å². The summed E-state index contributed by atoms with van der Waals surface area (Å²) in [6.07, 6.45) is 0. The predicted molar refractivity (Wildman–Crippen MR) is 141 cm³/mol. The van der Waals surface area contributed by atoms with Crippen molar-refractivity contribution >= 4 is 34.8 Å². The summed E-state index contributed by atoms with van der Waals surface area (Å²) in [6.45, 7) is 1.67. The average molecular weight is 560 g/mol. The Hall–Kier alpha value is -3.24. The lowest BCUT2D eigenvalue weighted by molar-refractivity contribution is -0.528. The van der Waals surface area contributed by atoms with Gasteiger partial charge < -0.3 is 15.2 Å². The molecule has 11 heteroatoms. The molecule has 0 aromatic heterocycles. The van der Waals surface area contributed by atoms with Crippen LogP contribution in [0.25, 0.3) is 0 Å². The van der Waals surface area contributed by atoms with Crippen molar-refractivity contribution in [3.8, 4) is 5.75 Å². The standard InChI is InChI=1S/C27H24Cl2FN3O5/c1-2-38-17-6-3-5-15(11-17)13-32-22(14-34)25(33(36)37)23(18-7-4-8-20(29)24(18)30)27(32)19-10-9-16(28)12-21(19)31-26(27)35/h3-12,22-23,25,34H,2,13-14H2,1H3,(H,31,35)/t22-,23-,25+,27+/m0/s1. The molecule has 1 fully saturated rings. The largest absolute Gasteiger partial charge is 0.494 e. The summed E-state index contributed by atoms with van der Waals surface area (Å²) in [5.41, 5.74) is -0.374. The second-order valence-corrected chi connectivity index (χ2v) is 10.1. The molecule has 2 aliphatic rings. The fraction of sp³-hybridized carbons (Fsp3) is 0.296. The highest BCUT2D eigenvalue weighted by Gasteiger charge is 2.71. The molecule has 0 bridgehead atoms. The molecule has 3 aromatic carbocycles. The normalized spacial score (nSPS) is 24.4. The number of likely N-dealkylation sites (tertiary alicyclic amines) is 1. The molecule has 4 atom stereocenters. The van der Waals surface area contributed by atoms with E-state index in [1.165, 1.54) is 18.2 Å². The first kappa shape index (κ1) is 26.4. The van der Waals surface area contributed by atoms with Crippen LogP contribution in [-0.4, -0.2) is 46.1 Å². The minimum Gasteiger partial charge on any atom is -0.494 e. The molecule has 2 heterocycles. The van der Waals surface area contributed by atoms with Crippen LogP contribution in [-0.2, 0) is 16.9 Å². The number of ether oxygens (including phenoxy) is 1. The second-order valence-electron chi connectivity index (χ2n) is 9.27. The number of nitrogens with zero attached hydrogens (tertiary/aromatic N) is 2. The van der Waals surface area contributed by atoms with Crippen LogP contribution in [0.4, 0.5) is 10.1 Å². The first-order chi connectivity index (χ1) is 18.2. The van der Waals surface area contributed by atoms with Crippen molar-refractivity contribution in [3.63, 3.8) is 0 Å². The van der Waals surface area contributed by atoms with Crippen molar-refractivity contribution in [2.75, 3.05) is 18.5 Å². The third-order valence-corrected chi connectivity index (χ3v) is 7.86. The summed E-state index contributed by atoms with van der Waals surface area (Å²) < 4.78 is 21.2. The molecule has 0 aliphatic carbocycles. The summed E-state index contributed by atoms with van der Waals surface area (Å²) in [5.74, 6) is -2.17. The van der Waals surface area contributed by atoms with Gasteiger partial charge in [-0.2, -0.15) is 0 Å². The number of aliphatic hydroxyl groups is 1. The predicted octanol–water partition coefficient (Wildman–Crippen LogP) is 4.98. The lowest BCUT2D eigenvalue weighted by Crippen LogP contribution is -2.52. The second kappa shape index (κ2) is 10.1. The molecule has 0 unspecified atom stereocenters. The van der Waals surface area contributed by atoms with Crippen molar-refractivity contribution in [3.05, 3.63) is 103 Å². The van der Waals surface area contributed by atoms with E-state index in [1.54, 1.807) is 47.4 Å². The first-order valence-corrected chi connectivity index (χ1v) is 12.8. The van der Waals surface area contributed by atoms with Gasteiger partial charge in [-0.15, -0.1) is 0 Å². The zero-order valence-corrected chi connectivity index (χ0v) is 21.7. The van der Waals surface area contributed by atoms with E-state index in [9.17, 15) is 20.0 Å². The lowest BCUT2D eigenvalue weighted by Gasteiger charge is -2.38. The molecule has 198 valence electrons. The number of nitrogens with one attached hydrogen (secondary N) is 1. The van der Waals surface area contributed by atoms with Crippen LogP contribution in [0.2, 0.25) is 10.0 Å². The molecule has 1 amide bonds. The van der Waals surface area contributed by atoms with Crippen molar-refractivity contribution < 1.29 is 24.0 Å². The van der Waals surface area contributed by atoms with E-state index in [4.69, 9.17) is 27.9 Å². The number of amides is 1. The number of aliphatic hydroxyl groups excluding tert-OH is 1. The summed E-state index contributed by atoms with van der Waals surface area (Å²) in [5, 5.41) is 26.1. The highest BCUT2D eigenvalue weighted by molar-refractivity contribution is 6.31. The number of hydrogen-bond acceptors (Lipinski definition) is 6. The maximum absolute atomic E-state index is 15.6. The Morgan fingerprint density at radius 2 is 1.95 bits per heavy atom. The number of carbonyl (C=O) groups is 1. The van der Waals surface area contributed by atoms with Crippen LogP contribution in [0.1, 0.15) is 29.5 Å². The van der Waals surface area contributed by atoms with Crippen molar-refractivity contribution in [2.24, 2.45) is 0 Å². The molecule has 5 rings (SSSR count). The van der Waals surface area contributed by atoms with E-state index in [2.05, 4.69) is 5.32 Å². The Bertz CT molecular complexity index is 1420.